The van der Waals surface area contributed by atoms with Gasteiger partial charge in [0, 0.05) is 16.2 Å². The Hall–Kier alpha value is -1.53. The van der Waals surface area contributed by atoms with Crippen LogP contribution in [0.15, 0.2) is 46.9 Å². The summed E-state index contributed by atoms with van der Waals surface area (Å²) in [6.07, 6.45) is -4.36. The Morgan fingerprint density at radius 3 is 2.33 bits per heavy atom. The number of anilines is 2. The highest BCUT2D eigenvalue weighted by atomic mass is 79.9. The lowest BCUT2D eigenvalue weighted by molar-refractivity contribution is -0.137. The van der Waals surface area contributed by atoms with Gasteiger partial charge in [0.15, 0.2) is 0 Å². The molecule has 0 heterocycles. The highest BCUT2D eigenvalue weighted by Gasteiger charge is 2.30. The summed E-state index contributed by atoms with van der Waals surface area (Å²) in [5, 5.41) is 3.11. The van der Waals surface area contributed by atoms with Gasteiger partial charge in [-0.15, -0.1) is 0 Å². The first-order chi connectivity index (χ1) is 9.79. The Kier molecular flexibility index (Phi) is 4.58. The van der Waals surface area contributed by atoms with Gasteiger partial charge < -0.3 is 11.1 Å². The molecule has 0 aliphatic heterocycles. The number of nitrogens with two attached hydrogens (primary N) is 1. The van der Waals surface area contributed by atoms with Gasteiger partial charge in [0.2, 0.25) is 0 Å². The number of halogens is 4. The van der Waals surface area contributed by atoms with Crippen molar-refractivity contribution in [2.75, 3.05) is 5.32 Å². The number of rotatable bonds is 3. The topological polar surface area (TPSA) is 38.0 Å². The van der Waals surface area contributed by atoms with Crippen LogP contribution in [0.25, 0.3) is 0 Å². The van der Waals surface area contributed by atoms with E-state index in [4.69, 9.17) is 5.73 Å². The van der Waals surface area contributed by atoms with E-state index >= 15 is 0 Å². The van der Waals surface area contributed by atoms with Crippen LogP contribution >= 0.6 is 15.9 Å². The lowest BCUT2D eigenvalue weighted by Crippen LogP contribution is -2.08. The van der Waals surface area contributed by atoms with E-state index in [2.05, 4.69) is 21.2 Å². The van der Waals surface area contributed by atoms with Crippen LogP contribution in [-0.4, -0.2) is 0 Å². The van der Waals surface area contributed by atoms with Gasteiger partial charge in [-0.2, -0.15) is 13.2 Å². The Bertz CT molecular complexity index is 639. The molecular formula is C15H14BrF3N2. The van der Waals surface area contributed by atoms with Gasteiger partial charge in [0.05, 0.1) is 11.3 Å². The van der Waals surface area contributed by atoms with Gasteiger partial charge in [-0.25, -0.2) is 0 Å². The van der Waals surface area contributed by atoms with Crippen molar-refractivity contribution < 1.29 is 13.2 Å². The first-order valence-corrected chi connectivity index (χ1v) is 7.06. The molecular weight excluding hydrogens is 345 g/mol. The molecule has 1 atom stereocenters. The Labute approximate surface area is 129 Å². The van der Waals surface area contributed by atoms with Crippen molar-refractivity contribution in [2.24, 2.45) is 5.73 Å². The summed E-state index contributed by atoms with van der Waals surface area (Å²) >= 11 is 3.16. The van der Waals surface area contributed by atoms with Crippen LogP contribution in [-0.2, 0) is 6.18 Å². The van der Waals surface area contributed by atoms with E-state index in [9.17, 15) is 13.2 Å². The van der Waals surface area contributed by atoms with Gasteiger partial charge in [-0.1, -0.05) is 18.2 Å². The number of hydrogen-bond acceptors (Lipinski definition) is 2. The Morgan fingerprint density at radius 1 is 1.10 bits per heavy atom. The van der Waals surface area contributed by atoms with E-state index < -0.39 is 11.7 Å². The van der Waals surface area contributed by atoms with Gasteiger partial charge in [0.1, 0.15) is 0 Å². The summed E-state index contributed by atoms with van der Waals surface area (Å²) in [4.78, 5) is 0. The van der Waals surface area contributed by atoms with E-state index in [-0.39, 0.29) is 6.04 Å². The zero-order valence-electron chi connectivity index (χ0n) is 11.2. The van der Waals surface area contributed by atoms with Gasteiger partial charge in [-0.3, -0.25) is 0 Å². The molecule has 0 saturated carbocycles. The van der Waals surface area contributed by atoms with Crippen molar-refractivity contribution in [3.8, 4) is 0 Å². The second-order valence-electron chi connectivity index (χ2n) is 4.69. The van der Waals surface area contributed by atoms with E-state index in [0.717, 1.165) is 23.4 Å². The van der Waals surface area contributed by atoms with Gasteiger partial charge >= 0.3 is 6.18 Å². The molecule has 2 aromatic carbocycles. The molecule has 0 bridgehead atoms. The predicted molar refractivity (Wildman–Crippen MR) is 81.5 cm³/mol. The quantitative estimate of drug-likeness (QED) is 0.788. The van der Waals surface area contributed by atoms with Crippen LogP contribution in [0.5, 0.6) is 0 Å². The molecule has 1 unspecified atom stereocenters. The maximum atomic E-state index is 12.6. The number of alkyl halides is 3. The number of para-hydroxylation sites is 1. The van der Waals surface area contributed by atoms with E-state index in [1.165, 1.54) is 6.07 Å². The van der Waals surface area contributed by atoms with Crippen LogP contribution in [0.2, 0.25) is 0 Å². The third-order valence-corrected chi connectivity index (χ3v) is 3.67. The average Bonchev–Trinajstić information content (AvgIpc) is 2.40. The highest BCUT2D eigenvalue weighted by Crippen LogP contribution is 2.35. The summed E-state index contributed by atoms with van der Waals surface area (Å²) in [7, 11) is 0. The zero-order chi connectivity index (χ0) is 15.6. The lowest BCUT2D eigenvalue weighted by Gasteiger charge is -2.16. The average molecular weight is 359 g/mol. The van der Waals surface area contributed by atoms with E-state index in [1.54, 1.807) is 0 Å². The van der Waals surface area contributed by atoms with Crippen LogP contribution in [0.3, 0.4) is 0 Å². The lowest BCUT2D eigenvalue weighted by atomic mass is 10.1. The fourth-order valence-electron chi connectivity index (χ4n) is 1.95. The minimum Gasteiger partial charge on any atom is -0.354 e. The van der Waals surface area contributed by atoms with Crippen LogP contribution in [0, 0.1) is 0 Å². The molecule has 6 heteroatoms. The van der Waals surface area contributed by atoms with Crippen LogP contribution in [0.1, 0.15) is 24.1 Å². The Balaban J connectivity index is 2.33. The second kappa shape index (κ2) is 6.07. The minimum absolute atomic E-state index is 0.179. The maximum Gasteiger partial charge on any atom is 0.416 e. The van der Waals surface area contributed by atoms with Crippen molar-refractivity contribution in [1.82, 2.24) is 0 Å². The van der Waals surface area contributed by atoms with Gasteiger partial charge in [0.25, 0.3) is 0 Å². The third kappa shape index (κ3) is 3.77. The number of benzene rings is 2. The summed E-state index contributed by atoms with van der Waals surface area (Å²) in [6.45, 7) is 1.85. The molecule has 21 heavy (non-hydrogen) atoms. The predicted octanol–water partition coefficient (Wildman–Crippen LogP) is 5.23. The van der Waals surface area contributed by atoms with Crippen molar-refractivity contribution >= 4 is 27.3 Å². The second-order valence-corrected chi connectivity index (χ2v) is 5.55. The highest BCUT2D eigenvalue weighted by molar-refractivity contribution is 9.10. The molecule has 0 saturated heterocycles. The summed E-state index contributed by atoms with van der Waals surface area (Å²) < 4.78 is 38.3. The standard InChI is InChI=1S/C15H14BrF3N2/c1-9(20)11-4-2-3-5-13(11)21-14-7-6-10(8-12(14)16)15(17,18)19/h2-9,21H,20H2,1H3. The SMILES string of the molecule is CC(N)c1ccccc1Nc1ccc(C(F)(F)F)cc1Br. The van der Waals surface area contributed by atoms with Crippen molar-refractivity contribution in [1.29, 1.82) is 0 Å². The fourth-order valence-corrected chi connectivity index (χ4v) is 2.42. The molecule has 0 aliphatic rings. The van der Waals surface area contributed by atoms with Crippen molar-refractivity contribution in [2.45, 2.75) is 19.1 Å². The smallest absolute Gasteiger partial charge is 0.354 e. The molecule has 0 aliphatic carbocycles. The van der Waals surface area contributed by atoms with Gasteiger partial charge in [-0.05, 0) is 52.7 Å². The van der Waals surface area contributed by atoms with Crippen LogP contribution in [0.4, 0.5) is 24.5 Å². The Morgan fingerprint density at radius 2 is 1.76 bits per heavy atom. The molecule has 2 rings (SSSR count). The first-order valence-electron chi connectivity index (χ1n) is 6.27. The molecule has 2 aromatic rings. The molecule has 0 radical (unpaired) electrons. The molecule has 3 N–H and O–H groups in total. The molecule has 0 amide bonds. The normalized spacial score (nSPS) is 13.0. The zero-order valence-corrected chi connectivity index (χ0v) is 12.8. The molecule has 2 nitrogen and oxygen atoms in total. The number of nitrogens with one attached hydrogen (secondary N) is 1. The monoisotopic (exact) mass is 358 g/mol. The summed E-state index contributed by atoms with van der Waals surface area (Å²) in [5.74, 6) is 0. The van der Waals surface area contributed by atoms with Crippen molar-refractivity contribution in [3.63, 3.8) is 0 Å². The van der Waals surface area contributed by atoms with Crippen molar-refractivity contribution in [3.05, 3.63) is 58.1 Å². The van der Waals surface area contributed by atoms with E-state index in [1.807, 2.05) is 31.2 Å². The summed E-state index contributed by atoms with van der Waals surface area (Å²) in [6, 6.07) is 10.7. The molecule has 112 valence electrons. The third-order valence-electron chi connectivity index (χ3n) is 3.02. The molecule has 0 spiro atoms. The fraction of sp³-hybridized carbons (Fsp3) is 0.200. The summed E-state index contributed by atoms with van der Waals surface area (Å²) in [5.41, 5.74) is 7.41. The molecule has 0 fully saturated rings. The first kappa shape index (κ1) is 15.9. The molecule has 0 aromatic heterocycles. The minimum atomic E-state index is -4.36. The van der Waals surface area contributed by atoms with Crippen LogP contribution < -0.4 is 11.1 Å². The van der Waals surface area contributed by atoms with E-state index in [0.29, 0.717) is 10.2 Å². The number of hydrogen-bond donors (Lipinski definition) is 2. The largest absolute Gasteiger partial charge is 0.416 e. The maximum absolute atomic E-state index is 12.6.